The third kappa shape index (κ3) is 4.75. The molecule has 0 aromatic heterocycles. The first-order valence-electron chi connectivity index (χ1n) is 11.0. The zero-order chi connectivity index (χ0) is 21.6. The summed E-state index contributed by atoms with van der Waals surface area (Å²) < 4.78 is 19.2. The SMILES string of the molecule is c1ccc(CO[C@H]2[C@H](OCc3ccccc3)[C@@H](OCc3ccccc3)C3=NOC[C@@H]32)cc1. The summed E-state index contributed by atoms with van der Waals surface area (Å²) in [6, 6.07) is 30.5. The van der Waals surface area contributed by atoms with Gasteiger partial charge in [-0.3, -0.25) is 0 Å². The van der Waals surface area contributed by atoms with Gasteiger partial charge in [0.15, 0.2) is 0 Å². The molecule has 4 atom stereocenters. The van der Waals surface area contributed by atoms with Crippen molar-refractivity contribution in [3.8, 4) is 0 Å². The number of hydrogen-bond acceptors (Lipinski definition) is 5. The molecular formula is C27H27NO4. The molecule has 0 spiro atoms. The fourth-order valence-corrected chi connectivity index (χ4v) is 4.31. The smallest absolute Gasteiger partial charge is 0.128 e. The van der Waals surface area contributed by atoms with Crippen molar-refractivity contribution in [2.45, 2.75) is 38.1 Å². The van der Waals surface area contributed by atoms with Crippen LogP contribution < -0.4 is 0 Å². The summed E-state index contributed by atoms with van der Waals surface area (Å²) in [5.41, 5.74) is 4.24. The quantitative estimate of drug-likeness (QED) is 0.492. The molecule has 3 aromatic carbocycles. The highest BCUT2D eigenvalue weighted by Gasteiger charge is 2.53. The normalized spacial score (nSPS) is 24.1. The Morgan fingerprint density at radius 1 is 0.625 bits per heavy atom. The average molecular weight is 430 g/mol. The molecule has 1 fully saturated rings. The van der Waals surface area contributed by atoms with Crippen molar-refractivity contribution < 1.29 is 19.0 Å². The van der Waals surface area contributed by atoms with E-state index in [-0.39, 0.29) is 24.2 Å². The molecule has 1 aliphatic heterocycles. The lowest BCUT2D eigenvalue weighted by Crippen LogP contribution is -2.38. The molecule has 0 N–H and O–H groups in total. The van der Waals surface area contributed by atoms with E-state index in [9.17, 15) is 0 Å². The number of oxime groups is 1. The maximum absolute atomic E-state index is 6.44. The third-order valence-corrected chi connectivity index (χ3v) is 5.96. The summed E-state index contributed by atoms with van der Waals surface area (Å²) in [5.74, 6) is 0.0280. The van der Waals surface area contributed by atoms with Gasteiger partial charge in [0.05, 0.1) is 37.6 Å². The zero-order valence-electron chi connectivity index (χ0n) is 17.9. The highest BCUT2D eigenvalue weighted by atomic mass is 16.6. The van der Waals surface area contributed by atoms with Crippen molar-refractivity contribution in [3.05, 3.63) is 108 Å². The molecule has 0 unspecified atom stereocenters. The molecule has 3 aromatic rings. The predicted octanol–water partition coefficient (Wildman–Crippen LogP) is 4.76. The van der Waals surface area contributed by atoms with Crippen LogP contribution in [0.5, 0.6) is 0 Å². The summed E-state index contributed by atoms with van der Waals surface area (Å²) in [5, 5.41) is 4.33. The first-order valence-corrected chi connectivity index (χ1v) is 11.0. The van der Waals surface area contributed by atoms with Gasteiger partial charge in [-0.1, -0.05) is 96.2 Å². The molecule has 2 aliphatic rings. The first kappa shape index (κ1) is 20.9. The van der Waals surface area contributed by atoms with Gasteiger partial charge in [0, 0.05) is 0 Å². The Labute approximate surface area is 188 Å². The maximum Gasteiger partial charge on any atom is 0.128 e. The second-order valence-electron chi connectivity index (χ2n) is 8.16. The zero-order valence-corrected chi connectivity index (χ0v) is 17.9. The van der Waals surface area contributed by atoms with Crippen LogP contribution in [0.3, 0.4) is 0 Å². The summed E-state index contributed by atoms with van der Waals surface area (Å²) in [6.07, 6.45) is -0.775. The number of benzene rings is 3. The van der Waals surface area contributed by atoms with Crippen LogP contribution in [-0.2, 0) is 38.9 Å². The molecule has 0 bridgehead atoms. The Hall–Kier alpha value is -2.99. The lowest BCUT2D eigenvalue weighted by molar-refractivity contribution is -0.129. The monoisotopic (exact) mass is 429 g/mol. The Balaban J connectivity index is 1.35. The summed E-state index contributed by atoms with van der Waals surface area (Å²) >= 11 is 0. The number of rotatable bonds is 9. The van der Waals surface area contributed by atoms with Gasteiger partial charge in [0.25, 0.3) is 0 Å². The van der Waals surface area contributed by atoms with E-state index in [0.29, 0.717) is 26.4 Å². The fraction of sp³-hybridized carbons (Fsp3) is 0.296. The van der Waals surface area contributed by atoms with Gasteiger partial charge < -0.3 is 19.0 Å². The van der Waals surface area contributed by atoms with E-state index in [0.717, 1.165) is 22.4 Å². The van der Waals surface area contributed by atoms with Crippen molar-refractivity contribution in [2.24, 2.45) is 11.1 Å². The van der Waals surface area contributed by atoms with Crippen molar-refractivity contribution in [1.29, 1.82) is 0 Å². The summed E-state index contributed by atoms with van der Waals surface area (Å²) in [6.45, 7) is 1.97. The van der Waals surface area contributed by atoms with E-state index in [4.69, 9.17) is 19.0 Å². The van der Waals surface area contributed by atoms with Crippen molar-refractivity contribution in [3.63, 3.8) is 0 Å². The molecule has 0 saturated heterocycles. The van der Waals surface area contributed by atoms with Crippen LogP contribution in [0.1, 0.15) is 16.7 Å². The molecule has 164 valence electrons. The lowest BCUT2D eigenvalue weighted by atomic mass is 10.1. The second kappa shape index (κ2) is 10.1. The maximum atomic E-state index is 6.44. The standard InChI is InChI=1S/C27H27NO4/c1-4-10-20(11-5-1)16-29-25-23-19-32-28-24(23)26(30-17-21-12-6-2-7-13-21)27(25)31-18-22-14-8-3-9-15-22/h1-15,23,25-27H,16-19H2/t23-,25+,26-,27-/m0/s1. The van der Waals surface area contributed by atoms with Crippen LogP contribution in [0.15, 0.2) is 96.2 Å². The van der Waals surface area contributed by atoms with E-state index in [1.165, 1.54) is 0 Å². The lowest BCUT2D eigenvalue weighted by Gasteiger charge is -2.27. The van der Waals surface area contributed by atoms with Crippen LogP contribution in [0.2, 0.25) is 0 Å². The minimum Gasteiger partial charge on any atom is -0.395 e. The van der Waals surface area contributed by atoms with Crippen molar-refractivity contribution >= 4 is 5.71 Å². The van der Waals surface area contributed by atoms with Crippen LogP contribution in [0.25, 0.3) is 0 Å². The second-order valence-corrected chi connectivity index (χ2v) is 8.16. The molecule has 1 aliphatic carbocycles. The van der Waals surface area contributed by atoms with E-state index in [2.05, 4.69) is 41.6 Å². The minimum atomic E-state index is -0.313. The van der Waals surface area contributed by atoms with Crippen molar-refractivity contribution in [1.82, 2.24) is 0 Å². The number of fused-ring (bicyclic) bond motifs is 1. The Morgan fingerprint density at radius 2 is 1.09 bits per heavy atom. The van der Waals surface area contributed by atoms with Crippen molar-refractivity contribution in [2.75, 3.05) is 6.61 Å². The van der Waals surface area contributed by atoms with E-state index in [1.807, 2.05) is 54.6 Å². The third-order valence-electron chi connectivity index (χ3n) is 5.96. The molecule has 5 heteroatoms. The van der Waals surface area contributed by atoms with Gasteiger partial charge in [-0.25, -0.2) is 0 Å². The van der Waals surface area contributed by atoms with Gasteiger partial charge >= 0.3 is 0 Å². The Bertz CT molecular complexity index is 1010. The van der Waals surface area contributed by atoms with Gasteiger partial charge in [0.1, 0.15) is 18.8 Å². The summed E-state index contributed by atoms with van der Waals surface area (Å²) in [7, 11) is 0. The number of nitrogens with zero attached hydrogens (tertiary/aromatic N) is 1. The molecule has 1 heterocycles. The molecular weight excluding hydrogens is 402 g/mol. The van der Waals surface area contributed by atoms with E-state index >= 15 is 0 Å². The fourth-order valence-electron chi connectivity index (χ4n) is 4.31. The van der Waals surface area contributed by atoms with Crippen LogP contribution >= 0.6 is 0 Å². The van der Waals surface area contributed by atoms with Crippen LogP contribution in [0, 0.1) is 5.92 Å². The van der Waals surface area contributed by atoms with E-state index in [1.54, 1.807) is 0 Å². The molecule has 5 rings (SSSR count). The first-order chi connectivity index (χ1) is 15.9. The Morgan fingerprint density at radius 3 is 1.62 bits per heavy atom. The predicted molar refractivity (Wildman–Crippen MR) is 122 cm³/mol. The number of hydrogen-bond donors (Lipinski definition) is 0. The average Bonchev–Trinajstić information content (AvgIpc) is 3.43. The molecule has 0 amide bonds. The molecule has 0 radical (unpaired) electrons. The van der Waals surface area contributed by atoms with Gasteiger partial charge in [-0.2, -0.15) is 0 Å². The van der Waals surface area contributed by atoms with Gasteiger partial charge in [0.2, 0.25) is 0 Å². The summed E-state index contributed by atoms with van der Waals surface area (Å²) in [4.78, 5) is 5.46. The van der Waals surface area contributed by atoms with E-state index < -0.39 is 0 Å². The van der Waals surface area contributed by atoms with Gasteiger partial charge in [-0.15, -0.1) is 0 Å². The minimum absolute atomic E-state index is 0.0280. The molecule has 32 heavy (non-hydrogen) atoms. The molecule has 5 nitrogen and oxygen atoms in total. The molecule has 1 saturated carbocycles. The topological polar surface area (TPSA) is 49.3 Å². The number of ether oxygens (including phenoxy) is 3. The highest BCUT2D eigenvalue weighted by molar-refractivity contribution is 5.95. The van der Waals surface area contributed by atoms with Gasteiger partial charge in [-0.05, 0) is 16.7 Å². The largest absolute Gasteiger partial charge is 0.395 e. The van der Waals surface area contributed by atoms with Crippen LogP contribution in [-0.4, -0.2) is 30.6 Å². The van der Waals surface area contributed by atoms with Crippen LogP contribution in [0.4, 0.5) is 0 Å². The highest BCUT2D eigenvalue weighted by Crippen LogP contribution is 2.36. The Kier molecular flexibility index (Phi) is 6.58.